The van der Waals surface area contributed by atoms with Crippen LogP contribution in [0.1, 0.15) is 12.0 Å². The lowest BCUT2D eigenvalue weighted by atomic mass is 10.2. The number of benzene rings is 1. The predicted molar refractivity (Wildman–Crippen MR) is 77.2 cm³/mol. The lowest BCUT2D eigenvalue weighted by molar-refractivity contribution is -0.109. The van der Waals surface area contributed by atoms with E-state index < -0.39 is 0 Å². The monoisotopic (exact) mass is 277 g/mol. The van der Waals surface area contributed by atoms with E-state index in [2.05, 4.69) is 16.0 Å². The minimum Gasteiger partial charge on any atom is -0.497 e. The molecule has 0 bridgehead atoms. The number of carbonyl (C=O) groups is 2. The molecular weight excluding hydrogens is 258 g/mol. The van der Waals surface area contributed by atoms with Crippen LogP contribution in [0.25, 0.3) is 6.08 Å². The molecule has 0 aliphatic carbocycles. The Morgan fingerprint density at radius 3 is 2.95 bits per heavy atom. The molecular formula is C14H19N3O3. The van der Waals surface area contributed by atoms with E-state index in [0.29, 0.717) is 25.9 Å². The van der Waals surface area contributed by atoms with E-state index in [1.54, 1.807) is 19.4 Å². The molecule has 1 aromatic carbocycles. The van der Waals surface area contributed by atoms with Crippen LogP contribution < -0.4 is 20.7 Å². The van der Waals surface area contributed by atoms with E-state index in [4.69, 9.17) is 4.74 Å². The van der Waals surface area contributed by atoms with Gasteiger partial charge in [-0.25, -0.2) is 4.79 Å². The smallest absolute Gasteiger partial charge is 0.318 e. The van der Waals surface area contributed by atoms with E-state index in [-0.39, 0.29) is 6.03 Å². The molecule has 1 rings (SSSR count). The van der Waals surface area contributed by atoms with Gasteiger partial charge in [-0.2, -0.15) is 0 Å². The highest BCUT2D eigenvalue weighted by Crippen LogP contribution is 2.13. The molecule has 0 aliphatic rings. The van der Waals surface area contributed by atoms with Gasteiger partial charge in [0.2, 0.25) is 6.41 Å². The van der Waals surface area contributed by atoms with Crippen molar-refractivity contribution in [3.8, 4) is 5.75 Å². The van der Waals surface area contributed by atoms with E-state index in [1.807, 2.05) is 24.3 Å². The van der Waals surface area contributed by atoms with Crippen molar-refractivity contribution in [2.75, 3.05) is 20.2 Å². The molecule has 6 nitrogen and oxygen atoms in total. The van der Waals surface area contributed by atoms with Crippen LogP contribution in [-0.2, 0) is 4.79 Å². The average molecular weight is 277 g/mol. The Balaban J connectivity index is 2.25. The molecule has 0 aromatic heterocycles. The van der Waals surface area contributed by atoms with Gasteiger partial charge in [0.05, 0.1) is 7.11 Å². The van der Waals surface area contributed by atoms with E-state index in [0.717, 1.165) is 11.3 Å². The second-order valence-corrected chi connectivity index (χ2v) is 3.94. The lowest BCUT2D eigenvalue weighted by Gasteiger charge is -2.04. The molecule has 0 spiro atoms. The van der Waals surface area contributed by atoms with Crippen molar-refractivity contribution in [3.63, 3.8) is 0 Å². The maximum Gasteiger partial charge on any atom is 0.318 e. The summed E-state index contributed by atoms with van der Waals surface area (Å²) >= 11 is 0. The SMILES string of the molecule is COc1cccc(/C=C/NC(=O)NCCCNC=O)c1. The zero-order valence-electron chi connectivity index (χ0n) is 11.4. The summed E-state index contributed by atoms with van der Waals surface area (Å²) in [6.07, 6.45) is 4.66. The fraction of sp³-hybridized carbons (Fsp3) is 0.286. The average Bonchev–Trinajstić information content (AvgIpc) is 2.47. The Morgan fingerprint density at radius 2 is 2.20 bits per heavy atom. The van der Waals surface area contributed by atoms with Crippen molar-refractivity contribution >= 4 is 18.5 Å². The highest BCUT2D eigenvalue weighted by Gasteiger charge is 1.96. The van der Waals surface area contributed by atoms with Crippen LogP contribution in [0.5, 0.6) is 5.75 Å². The summed E-state index contributed by atoms with van der Waals surface area (Å²) in [6.45, 7) is 1.04. The number of rotatable bonds is 8. The Labute approximate surface area is 118 Å². The van der Waals surface area contributed by atoms with Crippen molar-refractivity contribution in [2.45, 2.75) is 6.42 Å². The third-order valence-electron chi connectivity index (χ3n) is 2.45. The third kappa shape index (κ3) is 6.44. The van der Waals surface area contributed by atoms with Gasteiger partial charge in [0, 0.05) is 19.3 Å². The third-order valence-corrected chi connectivity index (χ3v) is 2.45. The molecule has 0 saturated heterocycles. The van der Waals surface area contributed by atoms with Gasteiger partial charge in [-0.05, 0) is 30.2 Å². The van der Waals surface area contributed by atoms with Crippen LogP contribution in [0, 0.1) is 0 Å². The fourth-order valence-corrected chi connectivity index (χ4v) is 1.46. The number of carbonyl (C=O) groups excluding carboxylic acids is 2. The molecule has 1 aromatic rings. The highest BCUT2D eigenvalue weighted by atomic mass is 16.5. The first kappa shape index (κ1) is 15.6. The molecule has 108 valence electrons. The highest BCUT2D eigenvalue weighted by molar-refractivity contribution is 5.75. The van der Waals surface area contributed by atoms with Gasteiger partial charge in [-0.3, -0.25) is 4.79 Å². The van der Waals surface area contributed by atoms with Gasteiger partial charge in [-0.1, -0.05) is 12.1 Å². The number of urea groups is 1. The number of ether oxygens (including phenoxy) is 1. The Kier molecular flexibility index (Phi) is 7.34. The summed E-state index contributed by atoms with van der Waals surface area (Å²) in [5.41, 5.74) is 0.930. The molecule has 0 atom stereocenters. The van der Waals surface area contributed by atoms with Crippen molar-refractivity contribution in [1.82, 2.24) is 16.0 Å². The van der Waals surface area contributed by atoms with Crippen LogP contribution in [0.4, 0.5) is 4.79 Å². The number of hydrogen-bond acceptors (Lipinski definition) is 3. The van der Waals surface area contributed by atoms with Crippen LogP contribution >= 0.6 is 0 Å². The van der Waals surface area contributed by atoms with Gasteiger partial charge in [-0.15, -0.1) is 0 Å². The van der Waals surface area contributed by atoms with Crippen molar-refractivity contribution < 1.29 is 14.3 Å². The molecule has 0 aliphatic heterocycles. The normalized spacial score (nSPS) is 10.1. The summed E-state index contributed by atoms with van der Waals surface area (Å²) in [7, 11) is 1.61. The summed E-state index contributed by atoms with van der Waals surface area (Å²) < 4.78 is 5.10. The molecule has 0 saturated carbocycles. The van der Waals surface area contributed by atoms with Gasteiger partial charge in [0.1, 0.15) is 5.75 Å². The van der Waals surface area contributed by atoms with Crippen LogP contribution in [0.3, 0.4) is 0 Å². The molecule has 0 radical (unpaired) electrons. The number of amides is 3. The van der Waals surface area contributed by atoms with E-state index in [9.17, 15) is 9.59 Å². The van der Waals surface area contributed by atoms with Crippen LogP contribution in [0.15, 0.2) is 30.5 Å². The second-order valence-electron chi connectivity index (χ2n) is 3.94. The molecule has 0 heterocycles. The molecule has 0 unspecified atom stereocenters. The van der Waals surface area contributed by atoms with Crippen LogP contribution in [0.2, 0.25) is 0 Å². The summed E-state index contributed by atoms with van der Waals surface area (Å²) in [5.74, 6) is 0.763. The summed E-state index contributed by atoms with van der Waals surface area (Å²) in [4.78, 5) is 21.4. The van der Waals surface area contributed by atoms with Crippen molar-refractivity contribution in [3.05, 3.63) is 36.0 Å². The standard InChI is InChI=1S/C14H19N3O3/c1-20-13-5-2-4-12(10-13)6-9-17-14(19)16-8-3-7-15-11-18/h2,4-6,9-11H,3,7-8H2,1H3,(H,15,18)(H2,16,17,19)/b9-6+. The fourth-order valence-electron chi connectivity index (χ4n) is 1.46. The minimum atomic E-state index is -0.282. The Morgan fingerprint density at radius 1 is 1.35 bits per heavy atom. The largest absolute Gasteiger partial charge is 0.497 e. The molecule has 6 heteroatoms. The molecule has 0 fully saturated rings. The zero-order chi connectivity index (χ0) is 14.6. The van der Waals surface area contributed by atoms with Gasteiger partial charge >= 0.3 is 6.03 Å². The van der Waals surface area contributed by atoms with Crippen molar-refractivity contribution in [1.29, 1.82) is 0 Å². The van der Waals surface area contributed by atoms with Crippen LogP contribution in [-0.4, -0.2) is 32.6 Å². The lowest BCUT2D eigenvalue weighted by Crippen LogP contribution is -2.33. The Bertz CT molecular complexity index is 461. The Hall–Kier alpha value is -2.50. The quantitative estimate of drug-likeness (QED) is 0.492. The predicted octanol–water partition coefficient (Wildman–Crippen LogP) is 1.10. The number of methoxy groups -OCH3 is 1. The molecule has 3 amide bonds. The maximum atomic E-state index is 11.4. The number of hydrogen-bond donors (Lipinski definition) is 3. The topological polar surface area (TPSA) is 79.5 Å². The van der Waals surface area contributed by atoms with E-state index >= 15 is 0 Å². The first-order valence-corrected chi connectivity index (χ1v) is 6.28. The summed E-state index contributed by atoms with van der Waals surface area (Å²) in [5, 5.41) is 7.79. The van der Waals surface area contributed by atoms with Gasteiger partial charge < -0.3 is 20.7 Å². The van der Waals surface area contributed by atoms with Gasteiger partial charge in [0.15, 0.2) is 0 Å². The second kappa shape index (κ2) is 9.43. The van der Waals surface area contributed by atoms with Gasteiger partial charge in [0.25, 0.3) is 0 Å². The zero-order valence-corrected chi connectivity index (χ0v) is 11.4. The maximum absolute atomic E-state index is 11.4. The molecule has 20 heavy (non-hydrogen) atoms. The van der Waals surface area contributed by atoms with E-state index in [1.165, 1.54) is 0 Å². The minimum absolute atomic E-state index is 0.282. The first-order valence-electron chi connectivity index (χ1n) is 6.28. The number of nitrogens with one attached hydrogen (secondary N) is 3. The summed E-state index contributed by atoms with van der Waals surface area (Å²) in [6, 6.07) is 7.21. The van der Waals surface area contributed by atoms with Crippen molar-refractivity contribution in [2.24, 2.45) is 0 Å². The first-order chi connectivity index (χ1) is 9.76. The molecule has 3 N–H and O–H groups in total.